The van der Waals surface area contributed by atoms with Crippen molar-refractivity contribution in [3.8, 4) is 11.5 Å². The molecule has 1 atom stereocenters. The molecule has 3 rings (SSSR count). The summed E-state index contributed by atoms with van der Waals surface area (Å²) in [4.78, 5) is 0. The minimum Gasteiger partial charge on any atom is -0.497 e. The average Bonchev–Trinajstić information content (AvgIpc) is 3.41. The van der Waals surface area contributed by atoms with Gasteiger partial charge in [-0.05, 0) is 61.1 Å². The van der Waals surface area contributed by atoms with E-state index >= 15 is 0 Å². The largest absolute Gasteiger partial charge is 0.497 e. The topological polar surface area (TPSA) is 30.5 Å². The van der Waals surface area contributed by atoms with E-state index in [4.69, 9.17) is 9.47 Å². The van der Waals surface area contributed by atoms with E-state index in [9.17, 15) is 0 Å². The van der Waals surface area contributed by atoms with Crippen molar-refractivity contribution in [2.24, 2.45) is 5.92 Å². The standard InChI is InChI=1S/C20H25NO2/c1-3-23-19-6-4-5-15(13-19)14-21-20(16-7-8-16)17-9-11-18(22-2)12-10-17/h4-6,9-13,16,20-21H,3,7-8,14H2,1-2H3. The summed E-state index contributed by atoms with van der Waals surface area (Å²) in [7, 11) is 1.71. The summed E-state index contributed by atoms with van der Waals surface area (Å²) in [5, 5.41) is 3.72. The van der Waals surface area contributed by atoms with Gasteiger partial charge in [0.1, 0.15) is 11.5 Å². The lowest BCUT2D eigenvalue weighted by molar-refractivity contribution is 0.339. The number of hydrogen-bond acceptors (Lipinski definition) is 3. The molecule has 0 spiro atoms. The summed E-state index contributed by atoms with van der Waals surface area (Å²) < 4.78 is 10.8. The molecule has 3 heteroatoms. The fourth-order valence-electron chi connectivity index (χ4n) is 2.94. The van der Waals surface area contributed by atoms with Crippen LogP contribution in [-0.4, -0.2) is 13.7 Å². The van der Waals surface area contributed by atoms with Crippen molar-refractivity contribution >= 4 is 0 Å². The highest BCUT2D eigenvalue weighted by molar-refractivity contribution is 5.31. The van der Waals surface area contributed by atoms with Gasteiger partial charge in [-0.2, -0.15) is 0 Å². The molecular formula is C20H25NO2. The summed E-state index contributed by atoms with van der Waals surface area (Å²) in [5.41, 5.74) is 2.60. The van der Waals surface area contributed by atoms with Crippen LogP contribution in [0.4, 0.5) is 0 Å². The minimum absolute atomic E-state index is 0.414. The molecule has 1 aliphatic carbocycles. The van der Waals surface area contributed by atoms with E-state index < -0.39 is 0 Å². The SMILES string of the molecule is CCOc1cccc(CNC(c2ccc(OC)cc2)C2CC2)c1. The van der Waals surface area contributed by atoms with Gasteiger partial charge >= 0.3 is 0 Å². The lowest BCUT2D eigenvalue weighted by Crippen LogP contribution is -2.22. The van der Waals surface area contributed by atoms with Crippen molar-refractivity contribution in [1.82, 2.24) is 5.32 Å². The zero-order valence-corrected chi connectivity index (χ0v) is 13.9. The molecule has 1 unspecified atom stereocenters. The van der Waals surface area contributed by atoms with Crippen LogP contribution in [0.15, 0.2) is 48.5 Å². The molecule has 0 radical (unpaired) electrons. The maximum Gasteiger partial charge on any atom is 0.119 e. The molecule has 1 fully saturated rings. The van der Waals surface area contributed by atoms with Gasteiger partial charge in [-0.15, -0.1) is 0 Å². The summed E-state index contributed by atoms with van der Waals surface area (Å²) >= 11 is 0. The zero-order valence-electron chi connectivity index (χ0n) is 13.9. The Morgan fingerprint density at radius 3 is 2.52 bits per heavy atom. The molecule has 0 bridgehead atoms. The molecule has 1 saturated carbocycles. The van der Waals surface area contributed by atoms with Gasteiger partial charge in [-0.1, -0.05) is 24.3 Å². The predicted octanol–water partition coefficient (Wildman–Crippen LogP) is 4.33. The molecule has 0 saturated heterocycles. The summed E-state index contributed by atoms with van der Waals surface area (Å²) in [6.07, 6.45) is 2.62. The highest BCUT2D eigenvalue weighted by Crippen LogP contribution is 2.41. The van der Waals surface area contributed by atoms with Crippen molar-refractivity contribution in [2.75, 3.05) is 13.7 Å². The van der Waals surface area contributed by atoms with Gasteiger partial charge in [0.05, 0.1) is 13.7 Å². The molecule has 1 aliphatic rings. The van der Waals surface area contributed by atoms with E-state index in [1.54, 1.807) is 7.11 Å². The first-order valence-electron chi connectivity index (χ1n) is 8.39. The summed E-state index contributed by atoms with van der Waals surface area (Å²) in [6, 6.07) is 17.2. The van der Waals surface area contributed by atoms with Crippen LogP contribution < -0.4 is 14.8 Å². The summed E-state index contributed by atoms with van der Waals surface area (Å²) in [5.74, 6) is 2.60. The Labute approximate surface area is 138 Å². The van der Waals surface area contributed by atoms with Gasteiger partial charge in [-0.25, -0.2) is 0 Å². The van der Waals surface area contributed by atoms with Gasteiger partial charge in [-0.3, -0.25) is 0 Å². The molecule has 2 aromatic carbocycles. The number of hydrogen-bond donors (Lipinski definition) is 1. The van der Waals surface area contributed by atoms with E-state index in [1.165, 1.54) is 24.0 Å². The van der Waals surface area contributed by atoms with Gasteiger partial charge in [0, 0.05) is 12.6 Å². The number of benzene rings is 2. The Kier molecular flexibility index (Phi) is 5.19. The van der Waals surface area contributed by atoms with Crippen LogP contribution in [0, 0.1) is 5.92 Å². The first-order chi connectivity index (χ1) is 11.3. The Balaban J connectivity index is 1.66. The molecule has 0 aromatic heterocycles. The molecule has 2 aromatic rings. The van der Waals surface area contributed by atoms with Crippen LogP contribution in [0.5, 0.6) is 11.5 Å². The van der Waals surface area contributed by atoms with Crippen LogP contribution in [0.1, 0.15) is 36.9 Å². The van der Waals surface area contributed by atoms with Crippen molar-refractivity contribution < 1.29 is 9.47 Å². The molecule has 23 heavy (non-hydrogen) atoms. The van der Waals surface area contributed by atoms with Gasteiger partial charge in [0.25, 0.3) is 0 Å². The second kappa shape index (κ2) is 7.51. The highest BCUT2D eigenvalue weighted by Gasteiger charge is 2.31. The number of ether oxygens (including phenoxy) is 2. The fraction of sp³-hybridized carbons (Fsp3) is 0.400. The second-order valence-corrected chi connectivity index (χ2v) is 6.05. The highest BCUT2D eigenvalue weighted by atomic mass is 16.5. The van der Waals surface area contributed by atoms with Crippen LogP contribution in [0.25, 0.3) is 0 Å². The number of nitrogens with one attached hydrogen (secondary N) is 1. The Hall–Kier alpha value is -2.00. The Morgan fingerprint density at radius 1 is 1.09 bits per heavy atom. The van der Waals surface area contributed by atoms with Crippen LogP contribution in [0.2, 0.25) is 0 Å². The summed E-state index contributed by atoms with van der Waals surface area (Å²) in [6.45, 7) is 3.57. The van der Waals surface area contributed by atoms with E-state index in [0.717, 1.165) is 24.0 Å². The van der Waals surface area contributed by atoms with E-state index in [0.29, 0.717) is 12.6 Å². The van der Waals surface area contributed by atoms with E-state index in [2.05, 4.69) is 35.6 Å². The molecule has 0 heterocycles. The van der Waals surface area contributed by atoms with E-state index in [-0.39, 0.29) is 0 Å². The first kappa shape index (κ1) is 15.9. The van der Waals surface area contributed by atoms with Crippen molar-refractivity contribution in [1.29, 1.82) is 0 Å². The molecule has 0 amide bonds. The lowest BCUT2D eigenvalue weighted by atomic mass is 10.0. The first-order valence-corrected chi connectivity index (χ1v) is 8.39. The second-order valence-electron chi connectivity index (χ2n) is 6.05. The smallest absolute Gasteiger partial charge is 0.119 e. The lowest BCUT2D eigenvalue weighted by Gasteiger charge is -2.19. The Morgan fingerprint density at radius 2 is 1.87 bits per heavy atom. The third-order valence-electron chi connectivity index (χ3n) is 4.30. The maximum absolute atomic E-state index is 5.58. The normalized spacial score (nSPS) is 15.2. The zero-order chi connectivity index (χ0) is 16.1. The molecule has 3 nitrogen and oxygen atoms in total. The van der Waals surface area contributed by atoms with Gasteiger partial charge < -0.3 is 14.8 Å². The third kappa shape index (κ3) is 4.26. The molecule has 122 valence electrons. The van der Waals surface area contributed by atoms with Gasteiger partial charge in [0.2, 0.25) is 0 Å². The van der Waals surface area contributed by atoms with Crippen molar-refractivity contribution in [3.63, 3.8) is 0 Å². The van der Waals surface area contributed by atoms with Crippen molar-refractivity contribution in [2.45, 2.75) is 32.4 Å². The van der Waals surface area contributed by atoms with Crippen LogP contribution in [0.3, 0.4) is 0 Å². The number of methoxy groups -OCH3 is 1. The van der Waals surface area contributed by atoms with Crippen molar-refractivity contribution in [3.05, 3.63) is 59.7 Å². The quantitative estimate of drug-likeness (QED) is 0.787. The van der Waals surface area contributed by atoms with Crippen LogP contribution >= 0.6 is 0 Å². The monoisotopic (exact) mass is 311 g/mol. The third-order valence-corrected chi connectivity index (χ3v) is 4.30. The molecule has 1 N–H and O–H groups in total. The fourth-order valence-corrected chi connectivity index (χ4v) is 2.94. The van der Waals surface area contributed by atoms with E-state index in [1.807, 2.05) is 25.1 Å². The average molecular weight is 311 g/mol. The molecule has 0 aliphatic heterocycles. The number of rotatable bonds is 8. The minimum atomic E-state index is 0.414. The van der Waals surface area contributed by atoms with Gasteiger partial charge in [0.15, 0.2) is 0 Å². The molecular weight excluding hydrogens is 286 g/mol. The predicted molar refractivity (Wildman–Crippen MR) is 92.9 cm³/mol. The maximum atomic E-state index is 5.58. The Bertz CT molecular complexity index is 620. The van der Waals surface area contributed by atoms with Crippen LogP contribution in [-0.2, 0) is 6.54 Å².